The first-order chi connectivity index (χ1) is 8.17. The standard InChI is InChI=1S/C12H18N4O/c1-3-9-7-5-6-8-10(9)15-12(17)16-11(13)14-4-2/h5-8H,3-4H2,1-2H3,(H4,13,14,15,16,17). The van der Waals surface area contributed by atoms with Gasteiger partial charge < -0.3 is 11.1 Å². The zero-order chi connectivity index (χ0) is 12.7. The van der Waals surface area contributed by atoms with Gasteiger partial charge in [-0.25, -0.2) is 4.79 Å². The van der Waals surface area contributed by atoms with E-state index in [0.29, 0.717) is 6.54 Å². The molecule has 0 aliphatic carbocycles. The van der Waals surface area contributed by atoms with Gasteiger partial charge in [-0.05, 0) is 25.0 Å². The summed E-state index contributed by atoms with van der Waals surface area (Å²) in [6.07, 6.45) is 0.856. The fourth-order valence-corrected chi connectivity index (χ4v) is 1.43. The van der Waals surface area contributed by atoms with E-state index in [1.807, 2.05) is 38.1 Å². The molecule has 0 fully saturated rings. The third-order valence-electron chi connectivity index (χ3n) is 2.22. The third-order valence-corrected chi connectivity index (χ3v) is 2.22. The lowest BCUT2D eigenvalue weighted by Gasteiger charge is -2.10. The quantitative estimate of drug-likeness (QED) is 0.549. The number of aryl methyl sites for hydroxylation is 1. The van der Waals surface area contributed by atoms with Gasteiger partial charge in [-0.15, -0.1) is 0 Å². The van der Waals surface area contributed by atoms with E-state index in [1.54, 1.807) is 0 Å². The number of anilines is 1. The Morgan fingerprint density at radius 1 is 1.35 bits per heavy atom. The van der Waals surface area contributed by atoms with Crippen LogP contribution in [0.5, 0.6) is 0 Å². The van der Waals surface area contributed by atoms with Crippen LogP contribution in [0.3, 0.4) is 0 Å². The van der Waals surface area contributed by atoms with E-state index in [0.717, 1.165) is 17.7 Å². The van der Waals surface area contributed by atoms with Crippen LogP contribution in [0.4, 0.5) is 10.5 Å². The molecular weight excluding hydrogens is 216 g/mol. The smallest absolute Gasteiger partial charge is 0.325 e. The Kier molecular flexibility index (Phi) is 5.00. The highest BCUT2D eigenvalue weighted by Gasteiger charge is 2.05. The zero-order valence-corrected chi connectivity index (χ0v) is 10.2. The Morgan fingerprint density at radius 2 is 2.06 bits per heavy atom. The van der Waals surface area contributed by atoms with Crippen molar-refractivity contribution < 1.29 is 4.79 Å². The van der Waals surface area contributed by atoms with Crippen molar-refractivity contribution in [1.29, 1.82) is 0 Å². The third kappa shape index (κ3) is 4.14. The molecule has 0 aromatic heterocycles. The van der Waals surface area contributed by atoms with E-state index in [9.17, 15) is 4.79 Å². The van der Waals surface area contributed by atoms with Crippen LogP contribution in [-0.4, -0.2) is 18.5 Å². The first-order valence-corrected chi connectivity index (χ1v) is 5.63. The number of benzene rings is 1. The first-order valence-electron chi connectivity index (χ1n) is 5.63. The van der Waals surface area contributed by atoms with Crippen LogP contribution in [0.2, 0.25) is 0 Å². The molecule has 1 aromatic carbocycles. The van der Waals surface area contributed by atoms with Gasteiger partial charge in [0.2, 0.25) is 0 Å². The molecule has 1 aromatic rings. The first kappa shape index (κ1) is 13.0. The molecule has 5 nitrogen and oxygen atoms in total. The molecule has 0 saturated carbocycles. The lowest BCUT2D eigenvalue weighted by atomic mass is 10.1. The van der Waals surface area contributed by atoms with Gasteiger partial charge in [0.05, 0.1) is 0 Å². The number of urea groups is 1. The predicted octanol–water partition coefficient (Wildman–Crippen LogP) is 1.71. The maximum absolute atomic E-state index is 11.6. The van der Waals surface area contributed by atoms with Gasteiger partial charge in [0.1, 0.15) is 0 Å². The van der Waals surface area contributed by atoms with Gasteiger partial charge in [0.15, 0.2) is 5.96 Å². The van der Waals surface area contributed by atoms with Gasteiger partial charge >= 0.3 is 6.03 Å². The van der Waals surface area contributed by atoms with Gasteiger partial charge in [0, 0.05) is 12.2 Å². The molecule has 0 aliphatic heterocycles. The number of nitrogens with two attached hydrogens (primary N) is 1. The number of hydrogen-bond donors (Lipinski definition) is 3. The van der Waals surface area contributed by atoms with Crippen LogP contribution in [0.15, 0.2) is 29.3 Å². The number of guanidine groups is 1. The van der Waals surface area contributed by atoms with E-state index in [1.165, 1.54) is 0 Å². The molecule has 0 bridgehead atoms. The molecule has 0 saturated heterocycles. The molecule has 2 amide bonds. The van der Waals surface area contributed by atoms with E-state index in [4.69, 9.17) is 5.73 Å². The Morgan fingerprint density at radius 3 is 2.71 bits per heavy atom. The maximum Gasteiger partial charge on any atom is 0.325 e. The van der Waals surface area contributed by atoms with Crippen molar-refractivity contribution in [3.05, 3.63) is 29.8 Å². The maximum atomic E-state index is 11.6. The highest BCUT2D eigenvalue weighted by atomic mass is 16.2. The number of carbonyl (C=O) groups is 1. The van der Waals surface area contributed by atoms with Gasteiger partial charge in [-0.3, -0.25) is 10.3 Å². The summed E-state index contributed by atoms with van der Waals surface area (Å²) in [6.45, 7) is 4.42. The van der Waals surface area contributed by atoms with Crippen LogP contribution in [0.1, 0.15) is 19.4 Å². The second-order valence-corrected chi connectivity index (χ2v) is 3.45. The minimum Gasteiger partial charge on any atom is -0.370 e. The van der Waals surface area contributed by atoms with Crippen molar-refractivity contribution in [2.45, 2.75) is 20.3 Å². The lowest BCUT2D eigenvalue weighted by Crippen LogP contribution is -2.39. The fraction of sp³-hybridized carbons (Fsp3) is 0.333. The summed E-state index contributed by atoms with van der Waals surface area (Å²) in [4.78, 5) is 15.5. The minimum atomic E-state index is -0.374. The number of nitrogens with one attached hydrogen (secondary N) is 2. The highest BCUT2D eigenvalue weighted by molar-refractivity contribution is 6.02. The highest BCUT2D eigenvalue weighted by Crippen LogP contribution is 2.14. The Labute approximate surface area is 101 Å². The zero-order valence-electron chi connectivity index (χ0n) is 10.2. The monoisotopic (exact) mass is 234 g/mol. The van der Waals surface area contributed by atoms with E-state index in [2.05, 4.69) is 15.6 Å². The molecule has 17 heavy (non-hydrogen) atoms. The van der Waals surface area contributed by atoms with Crippen molar-refractivity contribution in [2.75, 3.05) is 11.9 Å². The SMILES string of the molecule is CCN=C(N)NC(=O)Nc1ccccc1CC. The van der Waals surface area contributed by atoms with E-state index >= 15 is 0 Å². The van der Waals surface area contributed by atoms with Crippen molar-refractivity contribution >= 4 is 17.7 Å². The number of amides is 2. The van der Waals surface area contributed by atoms with Gasteiger partial charge in [-0.2, -0.15) is 0 Å². The number of hydrogen-bond acceptors (Lipinski definition) is 2. The van der Waals surface area contributed by atoms with Gasteiger partial charge in [0.25, 0.3) is 0 Å². The average molecular weight is 234 g/mol. The topological polar surface area (TPSA) is 79.5 Å². The molecule has 0 unspecified atom stereocenters. The molecular formula is C12H18N4O. The molecule has 5 heteroatoms. The number of aliphatic imine (C=N–C) groups is 1. The van der Waals surface area contributed by atoms with Crippen LogP contribution in [0, 0.1) is 0 Å². The van der Waals surface area contributed by atoms with Crippen molar-refractivity contribution in [1.82, 2.24) is 5.32 Å². The average Bonchev–Trinajstić information content (AvgIpc) is 2.29. The largest absolute Gasteiger partial charge is 0.370 e. The Balaban J connectivity index is 2.65. The summed E-state index contributed by atoms with van der Waals surface area (Å²) in [5.74, 6) is 0.124. The Hall–Kier alpha value is -2.04. The molecule has 0 spiro atoms. The summed E-state index contributed by atoms with van der Waals surface area (Å²) in [5.41, 5.74) is 7.35. The van der Waals surface area contributed by atoms with Crippen LogP contribution in [0.25, 0.3) is 0 Å². The van der Waals surface area contributed by atoms with Gasteiger partial charge in [-0.1, -0.05) is 25.1 Å². The van der Waals surface area contributed by atoms with Crippen LogP contribution < -0.4 is 16.4 Å². The van der Waals surface area contributed by atoms with E-state index in [-0.39, 0.29) is 12.0 Å². The molecule has 0 atom stereocenters. The molecule has 0 radical (unpaired) electrons. The normalized spacial score (nSPS) is 11.1. The summed E-state index contributed by atoms with van der Waals surface area (Å²) in [6, 6.07) is 7.26. The number of nitrogens with zero attached hydrogens (tertiary/aromatic N) is 1. The lowest BCUT2D eigenvalue weighted by molar-refractivity contribution is 0.256. The fourth-order valence-electron chi connectivity index (χ4n) is 1.43. The van der Waals surface area contributed by atoms with Crippen LogP contribution >= 0.6 is 0 Å². The second kappa shape index (κ2) is 6.52. The number of para-hydroxylation sites is 1. The van der Waals surface area contributed by atoms with E-state index < -0.39 is 0 Å². The molecule has 4 N–H and O–H groups in total. The summed E-state index contributed by atoms with van der Waals surface area (Å²) in [5, 5.41) is 5.20. The van der Waals surface area contributed by atoms with Crippen molar-refractivity contribution in [2.24, 2.45) is 10.7 Å². The second-order valence-electron chi connectivity index (χ2n) is 3.45. The van der Waals surface area contributed by atoms with Crippen molar-refractivity contribution in [3.8, 4) is 0 Å². The molecule has 1 rings (SSSR count). The predicted molar refractivity (Wildman–Crippen MR) is 70.1 cm³/mol. The number of carbonyl (C=O) groups excluding carboxylic acids is 1. The molecule has 0 heterocycles. The summed E-state index contributed by atoms with van der Waals surface area (Å²) >= 11 is 0. The Bertz CT molecular complexity index is 415. The van der Waals surface area contributed by atoms with Crippen LogP contribution in [-0.2, 0) is 6.42 Å². The summed E-state index contributed by atoms with van der Waals surface area (Å²) < 4.78 is 0. The summed E-state index contributed by atoms with van der Waals surface area (Å²) in [7, 11) is 0. The molecule has 0 aliphatic rings. The minimum absolute atomic E-state index is 0.124. The van der Waals surface area contributed by atoms with Crippen molar-refractivity contribution in [3.63, 3.8) is 0 Å². The number of rotatable bonds is 3. The molecule has 92 valence electrons.